The standard InChI is InChI=1S/C9H6NOS/c12-9-4-2-1-3-7(9)8-5-11-6-10-8/h1-3,5H,4H2. The zero-order chi connectivity index (χ0) is 8.39. The molecule has 2 rings (SSSR count). The van der Waals surface area contributed by atoms with E-state index in [0.717, 1.165) is 22.6 Å². The second kappa shape index (κ2) is 3.03. The van der Waals surface area contributed by atoms with E-state index >= 15 is 0 Å². The van der Waals surface area contributed by atoms with Crippen molar-refractivity contribution in [1.82, 2.24) is 4.98 Å². The molecule has 0 atom stereocenters. The molecule has 12 heavy (non-hydrogen) atoms. The molecule has 1 heterocycles. The second-order valence-electron chi connectivity index (χ2n) is 2.46. The summed E-state index contributed by atoms with van der Waals surface area (Å²) < 4.78 is 4.76. The van der Waals surface area contributed by atoms with Crippen LogP contribution in [0.4, 0.5) is 0 Å². The topological polar surface area (TPSA) is 26.0 Å². The maximum absolute atomic E-state index is 5.16. The van der Waals surface area contributed by atoms with Gasteiger partial charge in [0.05, 0.1) is 0 Å². The second-order valence-corrected chi connectivity index (χ2v) is 2.95. The van der Waals surface area contributed by atoms with Crippen LogP contribution in [0.25, 0.3) is 5.57 Å². The fourth-order valence-electron chi connectivity index (χ4n) is 1.08. The van der Waals surface area contributed by atoms with Gasteiger partial charge in [-0.2, -0.15) is 0 Å². The number of thiocarbonyl (C=S) groups is 1. The van der Waals surface area contributed by atoms with Crippen LogP contribution in [0.5, 0.6) is 0 Å². The van der Waals surface area contributed by atoms with Gasteiger partial charge in [0.15, 0.2) is 0 Å². The van der Waals surface area contributed by atoms with Crippen molar-refractivity contribution in [1.29, 1.82) is 0 Å². The number of nitrogens with zero attached hydrogens (tertiary/aromatic N) is 1. The first-order valence-corrected chi connectivity index (χ1v) is 4.01. The van der Waals surface area contributed by atoms with Gasteiger partial charge in [-0.25, -0.2) is 4.98 Å². The van der Waals surface area contributed by atoms with E-state index < -0.39 is 0 Å². The minimum absolute atomic E-state index is 0.768. The lowest BCUT2D eigenvalue weighted by Crippen LogP contribution is -2.00. The van der Waals surface area contributed by atoms with Gasteiger partial charge in [0.1, 0.15) is 12.0 Å². The number of rotatable bonds is 1. The molecule has 1 aromatic heterocycles. The first kappa shape index (κ1) is 7.43. The first-order valence-electron chi connectivity index (χ1n) is 3.60. The lowest BCUT2D eigenvalue weighted by Gasteiger charge is -2.05. The van der Waals surface area contributed by atoms with Crippen molar-refractivity contribution < 1.29 is 4.42 Å². The summed E-state index contributed by atoms with van der Waals surface area (Å²) in [5.41, 5.74) is 1.74. The Kier molecular flexibility index (Phi) is 1.87. The monoisotopic (exact) mass is 176 g/mol. The Hall–Kier alpha value is -1.22. The van der Waals surface area contributed by atoms with Gasteiger partial charge >= 0.3 is 0 Å². The molecular weight excluding hydrogens is 170 g/mol. The van der Waals surface area contributed by atoms with Gasteiger partial charge in [0, 0.05) is 16.9 Å². The zero-order valence-corrected chi connectivity index (χ0v) is 7.10. The molecule has 1 aromatic rings. The van der Waals surface area contributed by atoms with Crippen molar-refractivity contribution in [2.24, 2.45) is 0 Å². The van der Waals surface area contributed by atoms with E-state index in [1.165, 1.54) is 0 Å². The van der Waals surface area contributed by atoms with Crippen LogP contribution in [0.2, 0.25) is 0 Å². The summed E-state index contributed by atoms with van der Waals surface area (Å²) in [5, 5.41) is 0. The Balaban J connectivity index is 2.40. The van der Waals surface area contributed by atoms with Crippen LogP contribution >= 0.6 is 12.2 Å². The van der Waals surface area contributed by atoms with Gasteiger partial charge in [-0.3, -0.25) is 0 Å². The third-order valence-corrected chi connectivity index (χ3v) is 2.05. The highest BCUT2D eigenvalue weighted by Crippen LogP contribution is 2.19. The van der Waals surface area contributed by atoms with Crippen molar-refractivity contribution >= 4 is 22.7 Å². The Morgan fingerprint density at radius 1 is 1.58 bits per heavy atom. The van der Waals surface area contributed by atoms with Gasteiger partial charge in [0.2, 0.25) is 0 Å². The summed E-state index contributed by atoms with van der Waals surface area (Å²) in [7, 11) is 0. The molecular formula is C9H6NOS. The maximum atomic E-state index is 5.16. The van der Waals surface area contributed by atoms with E-state index in [1.807, 2.05) is 18.2 Å². The van der Waals surface area contributed by atoms with Crippen molar-refractivity contribution in [3.05, 3.63) is 36.6 Å². The van der Waals surface area contributed by atoms with E-state index in [2.05, 4.69) is 11.4 Å². The van der Waals surface area contributed by atoms with Crippen LogP contribution in [-0.4, -0.2) is 9.85 Å². The average molecular weight is 176 g/mol. The third kappa shape index (κ3) is 1.23. The van der Waals surface area contributed by atoms with Crippen LogP contribution in [0.3, 0.4) is 0 Å². The number of oxazole rings is 1. The van der Waals surface area contributed by atoms with Crippen molar-refractivity contribution in [3.8, 4) is 0 Å². The minimum atomic E-state index is 0.768. The largest absolute Gasteiger partial charge is 0.440 e. The van der Waals surface area contributed by atoms with E-state index in [-0.39, 0.29) is 0 Å². The van der Waals surface area contributed by atoms with Crippen LogP contribution < -0.4 is 0 Å². The van der Waals surface area contributed by atoms with Gasteiger partial charge in [-0.15, -0.1) is 0 Å². The number of hydrogen-bond donors (Lipinski definition) is 0. The van der Waals surface area contributed by atoms with Crippen molar-refractivity contribution in [3.63, 3.8) is 0 Å². The highest BCUT2D eigenvalue weighted by Gasteiger charge is 2.10. The molecule has 0 saturated carbocycles. The van der Waals surface area contributed by atoms with Crippen LogP contribution in [0, 0.1) is 6.39 Å². The molecule has 0 unspecified atom stereocenters. The normalized spacial score (nSPS) is 16.3. The SMILES string of the molecule is S=C1CC=CC=C1c1co[c]n1. The molecule has 1 aliphatic rings. The van der Waals surface area contributed by atoms with E-state index in [9.17, 15) is 0 Å². The molecule has 0 amide bonds. The molecule has 0 saturated heterocycles. The molecule has 0 fully saturated rings. The lowest BCUT2D eigenvalue weighted by molar-refractivity contribution is 0.547. The van der Waals surface area contributed by atoms with Crippen LogP contribution in [0.15, 0.2) is 28.9 Å². The molecule has 2 nitrogen and oxygen atoms in total. The van der Waals surface area contributed by atoms with Gasteiger partial charge in [-0.1, -0.05) is 30.4 Å². The molecule has 3 heteroatoms. The number of allylic oxidation sites excluding steroid dienone is 4. The van der Waals surface area contributed by atoms with E-state index in [1.54, 1.807) is 6.26 Å². The Bertz CT molecular complexity index is 349. The smallest absolute Gasteiger partial charge is 0.284 e. The lowest BCUT2D eigenvalue weighted by atomic mass is 10.0. The van der Waals surface area contributed by atoms with Gasteiger partial charge in [0.25, 0.3) is 6.39 Å². The number of aromatic nitrogens is 1. The quantitative estimate of drug-likeness (QED) is 0.613. The number of hydrogen-bond acceptors (Lipinski definition) is 3. The molecule has 0 aromatic carbocycles. The molecule has 0 spiro atoms. The van der Waals surface area contributed by atoms with Crippen molar-refractivity contribution in [2.45, 2.75) is 6.42 Å². The Morgan fingerprint density at radius 2 is 2.50 bits per heavy atom. The average Bonchev–Trinajstić information content (AvgIpc) is 2.57. The predicted molar refractivity (Wildman–Crippen MR) is 49.7 cm³/mol. The van der Waals surface area contributed by atoms with E-state index in [0.29, 0.717) is 0 Å². The fourth-order valence-corrected chi connectivity index (χ4v) is 1.35. The summed E-state index contributed by atoms with van der Waals surface area (Å²) in [6.45, 7) is 0. The Morgan fingerprint density at radius 3 is 3.17 bits per heavy atom. The molecule has 1 radical (unpaired) electrons. The third-order valence-electron chi connectivity index (χ3n) is 1.67. The zero-order valence-electron chi connectivity index (χ0n) is 6.28. The van der Waals surface area contributed by atoms with Gasteiger partial charge < -0.3 is 4.42 Å². The minimum Gasteiger partial charge on any atom is -0.440 e. The highest BCUT2D eigenvalue weighted by atomic mass is 32.1. The predicted octanol–water partition coefficient (Wildman–Crippen LogP) is 2.19. The molecule has 0 aliphatic heterocycles. The summed E-state index contributed by atoms with van der Waals surface area (Å²) in [5.74, 6) is 0. The van der Waals surface area contributed by atoms with Crippen LogP contribution in [0.1, 0.15) is 12.1 Å². The maximum Gasteiger partial charge on any atom is 0.284 e. The van der Waals surface area contributed by atoms with Crippen LogP contribution in [-0.2, 0) is 0 Å². The first-order chi connectivity index (χ1) is 5.88. The molecule has 0 N–H and O–H groups in total. The summed E-state index contributed by atoms with van der Waals surface area (Å²) in [6.07, 6.45) is 10.7. The fraction of sp³-hybridized carbons (Fsp3) is 0.111. The summed E-state index contributed by atoms with van der Waals surface area (Å²) >= 11 is 5.16. The van der Waals surface area contributed by atoms with Gasteiger partial charge in [-0.05, 0) is 0 Å². The van der Waals surface area contributed by atoms with Crippen molar-refractivity contribution in [2.75, 3.05) is 0 Å². The molecule has 0 bridgehead atoms. The summed E-state index contributed by atoms with van der Waals surface area (Å²) in [6, 6.07) is 0. The van der Waals surface area contributed by atoms with E-state index in [4.69, 9.17) is 16.6 Å². The molecule has 59 valence electrons. The summed E-state index contributed by atoms with van der Waals surface area (Å²) in [4.78, 5) is 4.81. The Labute approximate surface area is 75.6 Å². The molecule has 1 aliphatic carbocycles. The highest BCUT2D eigenvalue weighted by molar-refractivity contribution is 7.81.